The van der Waals surface area contributed by atoms with Crippen LogP contribution in [0.25, 0.3) is 0 Å². The highest BCUT2D eigenvalue weighted by molar-refractivity contribution is 5.22. The molecule has 1 aliphatic heterocycles. The van der Waals surface area contributed by atoms with Crippen LogP contribution in [0.3, 0.4) is 0 Å². The fourth-order valence-electron chi connectivity index (χ4n) is 1.86. The summed E-state index contributed by atoms with van der Waals surface area (Å²) >= 11 is 0. The van der Waals surface area contributed by atoms with Crippen LogP contribution in [0.1, 0.15) is 40.5 Å². The predicted octanol–water partition coefficient (Wildman–Crippen LogP) is 2.83. The van der Waals surface area contributed by atoms with Crippen LogP contribution in [-0.2, 0) is 0 Å². The van der Waals surface area contributed by atoms with Crippen LogP contribution in [0.4, 0.5) is 0 Å². The fraction of sp³-hybridized carbons (Fsp3) is 0.818. The third kappa shape index (κ3) is 1.89. The van der Waals surface area contributed by atoms with Crippen LogP contribution in [0, 0.1) is 0 Å². The van der Waals surface area contributed by atoms with Gasteiger partial charge in [-0.15, -0.1) is 0 Å². The highest BCUT2D eigenvalue weighted by atomic mass is 15.2. The summed E-state index contributed by atoms with van der Waals surface area (Å²) in [6.07, 6.45) is 2.48. The Morgan fingerprint density at radius 1 is 1.08 bits per heavy atom. The molecule has 70 valence electrons. The van der Waals surface area contributed by atoms with Gasteiger partial charge in [-0.1, -0.05) is 25.0 Å². The van der Waals surface area contributed by atoms with E-state index in [1.165, 1.54) is 25.9 Å². The van der Waals surface area contributed by atoms with Crippen LogP contribution in [0.5, 0.6) is 0 Å². The van der Waals surface area contributed by atoms with Crippen molar-refractivity contribution in [3.8, 4) is 0 Å². The summed E-state index contributed by atoms with van der Waals surface area (Å²) in [5.74, 6) is 0. The second-order valence-electron chi connectivity index (χ2n) is 3.91. The molecule has 0 aromatic rings. The van der Waals surface area contributed by atoms with Crippen molar-refractivity contribution in [2.75, 3.05) is 13.1 Å². The summed E-state index contributed by atoms with van der Waals surface area (Å²) in [5.41, 5.74) is 3.37. The summed E-state index contributed by atoms with van der Waals surface area (Å²) in [7, 11) is 0. The first-order valence-electron chi connectivity index (χ1n) is 5.12. The second-order valence-corrected chi connectivity index (χ2v) is 3.91. The highest BCUT2D eigenvalue weighted by Crippen LogP contribution is 2.23. The number of hydrogen-bond donors (Lipinski definition) is 0. The monoisotopic (exact) mass is 167 g/mol. The Morgan fingerprint density at radius 3 is 1.75 bits per heavy atom. The molecular weight excluding hydrogens is 146 g/mol. The maximum atomic E-state index is 2.55. The molecule has 1 rings (SSSR count). The zero-order valence-electron chi connectivity index (χ0n) is 8.85. The van der Waals surface area contributed by atoms with Crippen molar-refractivity contribution < 1.29 is 0 Å². The molecule has 1 heteroatoms. The largest absolute Gasteiger partial charge is 0.293 e. The Morgan fingerprint density at radius 2 is 1.50 bits per heavy atom. The summed E-state index contributed by atoms with van der Waals surface area (Å²) < 4.78 is 0. The Bertz CT molecular complexity index is 163. The molecule has 1 heterocycles. The van der Waals surface area contributed by atoms with E-state index < -0.39 is 0 Å². The molecule has 0 saturated heterocycles. The average molecular weight is 167 g/mol. The maximum absolute atomic E-state index is 2.55. The molecule has 0 fully saturated rings. The third-order valence-electron chi connectivity index (χ3n) is 2.87. The minimum absolute atomic E-state index is 0.704. The Kier molecular flexibility index (Phi) is 3.33. The molecule has 0 amide bonds. The van der Waals surface area contributed by atoms with Crippen LogP contribution in [0.15, 0.2) is 11.1 Å². The Hall–Kier alpha value is -0.300. The minimum atomic E-state index is 0.704. The highest BCUT2D eigenvalue weighted by Gasteiger charge is 2.20. The van der Waals surface area contributed by atoms with Crippen molar-refractivity contribution in [1.29, 1.82) is 0 Å². The van der Waals surface area contributed by atoms with Crippen molar-refractivity contribution in [2.45, 2.75) is 46.6 Å². The van der Waals surface area contributed by atoms with Crippen LogP contribution in [0.2, 0.25) is 0 Å². The van der Waals surface area contributed by atoms with E-state index in [1.807, 2.05) is 0 Å². The average Bonchev–Trinajstić information content (AvgIpc) is 2.46. The SMILES string of the molecule is CCC1=C(CC)CN(C(C)C)C1. The normalized spacial score (nSPS) is 19.8. The van der Waals surface area contributed by atoms with Gasteiger partial charge in [-0.05, 0) is 26.7 Å². The molecule has 0 saturated carbocycles. The molecule has 0 unspecified atom stereocenters. The number of rotatable bonds is 3. The van der Waals surface area contributed by atoms with Crippen LogP contribution >= 0.6 is 0 Å². The van der Waals surface area contributed by atoms with E-state index in [4.69, 9.17) is 0 Å². The van der Waals surface area contributed by atoms with E-state index in [1.54, 1.807) is 11.1 Å². The Labute approximate surface area is 76.5 Å². The molecule has 1 aliphatic rings. The summed E-state index contributed by atoms with van der Waals surface area (Å²) in [6, 6.07) is 0.704. The topological polar surface area (TPSA) is 3.24 Å². The zero-order chi connectivity index (χ0) is 9.14. The van der Waals surface area contributed by atoms with Crippen molar-refractivity contribution in [1.82, 2.24) is 4.90 Å². The van der Waals surface area contributed by atoms with E-state index >= 15 is 0 Å². The smallest absolute Gasteiger partial charge is 0.0202 e. The zero-order valence-corrected chi connectivity index (χ0v) is 8.85. The first-order chi connectivity index (χ1) is 5.69. The lowest BCUT2D eigenvalue weighted by molar-refractivity contribution is 0.279. The summed E-state index contributed by atoms with van der Waals surface area (Å²) in [6.45, 7) is 11.6. The van der Waals surface area contributed by atoms with E-state index in [9.17, 15) is 0 Å². The van der Waals surface area contributed by atoms with Crippen molar-refractivity contribution in [3.63, 3.8) is 0 Å². The molecule has 0 aromatic carbocycles. The number of hydrogen-bond acceptors (Lipinski definition) is 1. The lowest BCUT2D eigenvalue weighted by Crippen LogP contribution is -2.29. The molecule has 0 N–H and O–H groups in total. The van der Waals surface area contributed by atoms with Gasteiger partial charge in [-0.3, -0.25) is 4.90 Å². The standard InChI is InChI=1S/C11H21N/c1-5-10-7-12(9(3)4)8-11(10)6-2/h9H,5-8H2,1-4H3. The predicted molar refractivity (Wildman–Crippen MR) is 54.3 cm³/mol. The molecule has 0 radical (unpaired) electrons. The molecular formula is C11H21N. The molecule has 0 aliphatic carbocycles. The summed E-state index contributed by atoms with van der Waals surface area (Å²) in [4.78, 5) is 2.55. The van der Waals surface area contributed by atoms with Gasteiger partial charge in [0.2, 0.25) is 0 Å². The van der Waals surface area contributed by atoms with Gasteiger partial charge >= 0.3 is 0 Å². The summed E-state index contributed by atoms with van der Waals surface area (Å²) in [5, 5.41) is 0. The molecule has 1 nitrogen and oxygen atoms in total. The first kappa shape index (κ1) is 9.79. The van der Waals surface area contributed by atoms with Gasteiger partial charge in [0, 0.05) is 19.1 Å². The molecule has 0 aromatic heterocycles. The molecule has 0 atom stereocenters. The van der Waals surface area contributed by atoms with Gasteiger partial charge in [0.25, 0.3) is 0 Å². The van der Waals surface area contributed by atoms with Crippen LogP contribution < -0.4 is 0 Å². The van der Waals surface area contributed by atoms with Crippen LogP contribution in [-0.4, -0.2) is 24.0 Å². The van der Waals surface area contributed by atoms with Gasteiger partial charge in [0.05, 0.1) is 0 Å². The minimum Gasteiger partial charge on any atom is -0.293 e. The molecule has 12 heavy (non-hydrogen) atoms. The Balaban J connectivity index is 2.59. The second kappa shape index (κ2) is 4.08. The van der Waals surface area contributed by atoms with Gasteiger partial charge < -0.3 is 0 Å². The lowest BCUT2D eigenvalue weighted by atomic mass is 10.1. The third-order valence-corrected chi connectivity index (χ3v) is 2.87. The van der Waals surface area contributed by atoms with E-state index in [-0.39, 0.29) is 0 Å². The van der Waals surface area contributed by atoms with E-state index in [0.29, 0.717) is 6.04 Å². The van der Waals surface area contributed by atoms with Crippen molar-refractivity contribution >= 4 is 0 Å². The number of nitrogens with zero attached hydrogens (tertiary/aromatic N) is 1. The van der Waals surface area contributed by atoms with E-state index in [0.717, 1.165) is 0 Å². The quantitative estimate of drug-likeness (QED) is 0.584. The molecule has 0 spiro atoms. The van der Waals surface area contributed by atoms with Crippen molar-refractivity contribution in [3.05, 3.63) is 11.1 Å². The maximum Gasteiger partial charge on any atom is 0.0202 e. The van der Waals surface area contributed by atoms with Crippen molar-refractivity contribution in [2.24, 2.45) is 0 Å². The lowest BCUT2D eigenvalue weighted by Gasteiger charge is -2.20. The molecule has 0 bridgehead atoms. The first-order valence-corrected chi connectivity index (χ1v) is 5.12. The van der Waals surface area contributed by atoms with Gasteiger partial charge in [-0.25, -0.2) is 0 Å². The van der Waals surface area contributed by atoms with Gasteiger partial charge in [-0.2, -0.15) is 0 Å². The van der Waals surface area contributed by atoms with Gasteiger partial charge in [0.1, 0.15) is 0 Å². The fourth-order valence-corrected chi connectivity index (χ4v) is 1.86. The van der Waals surface area contributed by atoms with E-state index in [2.05, 4.69) is 32.6 Å². The van der Waals surface area contributed by atoms with Gasteiger partial charge in [0.15, 0.2) is 0 Å².